The largest absolute Gasteiger partial charge is 0.395 e. The van der Waals surface area contributed by atoms with Crippen LogP contribution in [0.15, 0.2) is 30.7 Å². The molecule has 28 heavy (non-hydrogen) atoms. The average Bonchev–Trinajstić information content (AvgIpc) is 3.42. The maximum atomic E-state index is 14.2. The van der Waals surface area contributed by atoms with Crippen molar-refractivity contribution in [1.82, 2.24) is 19.9 Å². The zero-order valence-electron chi connectivity index (χ0n) is 14.9. The fraction of sp³-hybridized carbons (Fsp3) is 0.250. The van der Waals surface area contributed by atoms with Crippen molar-refractivity contribution in [1.29, 1.82) is 0 Å². The molecule has 0 atom stereocenters. The first-order valence-corrected chi connectivity index (χ1v) is 8.89. The fourth-order valence-electron chi connectivity index (χ4n) is 2.91. The second-order valence-electron chi connectivity index (χ2n) is 6.61. The number of fused-ring (bicyclic) bond motifs is 1. The summed E-state index contributed by atoms with van der Waals surface area (Å²) in [6, 6.07) is 4.33. The Bertz CT molecular complexity index is 1120. The van der Waals surface area contributed by atoms with Crippen LogP contribution >= 0.6 is 0 Å². The number of nitrogens with one attached hydrogen (secondary N) is 1. The summed E-state index contributed by atoms with van der Waals surface area (Å²) in [6.45, 7) is 0.243. The van der Waals surface area contributed by atoms with Crippen LogP contribution in [0.4, 0.5) is 10.2 Å². The van der Waals surface area contributed by atoms with Gasteiger partial charge in [0.1, 0.15) is 23.6 Å². The van der Waals surface area contributed by atoms with Crippen molar-refractivity contribution < 1.29 is 14.3 Å². The highest BCUT2D eigenvalue weighted by Gasteiger charge is 2.24. The van der Waals surface area contributed by atoms with Crippen molar-refractivity contribution in [3.8, 4) is 11.8 Å². The number of hydrogen-bond donors (Lipinski definition) is 3. The molecule has 3 aromatic rings. The Hall–Kier alpha value is -3.44. The third kappa shape index (κ3) is 3.52. The SMILES string of the molecule is Nc1ncnc2c1c(C#Cc1cc(C(=O)NC3CC3)ccc1F)cn2CCO. The molecule has 0 unspecified atom stereocenters. The van der Waals surface area contributed by atoms with Crippen molar-refractivity contribution in [2.45, 2.75) is 25.4 Å². The van der Waals surface area contributed by atoms with Gasteiger partial charge in [-0.15, -0.1) is 0 Å². The molecule has 0 spiro atoms. The molecular weight excluding hydrogens is 361 g/mol. The van der Waals surface area contributed by atoms with E-state index in [1.165, 1.54) is 24.5 Å². The van der Waals surface area contributed by atoms with Gasteiger partial charge in [0.25, 0.3) is 5.91 Å². The van der Waals surface area contributed by atoms with Gasteiger partial charge in [-0.3, -0.25) is 4.79 Å². The average molecular weight is 379 g/mol. The van der Waals surface area contributed by atoms with E-state index in [1.54, 1.807) is 10.8 Å². The van der Waals surface area contributed by atoms with E-state index in [1.807, 2.05) is 0 Å². The lowest BCUT2D eigenvalue weighted by atomic mass is 10.1. The number of aliphatic hydroxyl groups excluding tert-OH is 1. The van der Waals surface area contributed by atoms with Crippen LogP contribution in [0.2, 0.25) is 0 Å². The van der Waals surface area contributed by atoms with Crippen LogP contribution in [0.5, 0.6) is 0 Å². The topological polar surface area (TPSA) is 106 Å². The van der Waals surface area contributed by atoms with Crippen molar-refractivity contribution in [2.24, 2.45) is 0 Å². The highest BCUT2D eigenvalue weighted by molar-refractivity contribution is 5.95. The first-order chi connectivity index (χ1) is 13.6. The van der Waals surface area contributed by atoms with Gasteiger partial charge < -0.3 is 20.7 Å². The summed E-state index contributed by atoms with van der Waals surface area (Å²) in [5, 5.41) is 12.7. The summed E-state index contributed by atoms with van der Waals surface area (Å²) in [4.78, 5) is 20.4. The Morgan fingerprint density at radius 3 is 2.86 bits per heavy atom. The van der Waals surface area contributed by atoms with Crippen LogP contribution in [-0.4, -0.2) is 38.2 Å². The minimum Gasteiger partial charge on any atom is -0.395 e. The van der Waals surface area contributed by atoms with Gasteiger partial charge in [0, 0.05) is 24.3 Å². The molecule has 0 radical (unpaired) electrons. The van der Waals surface area contributed by atoms with E-state index >= 15 is 0 Å². The van der Waals surface area contributed by atoms with Crippen molar-refractivity contribution in [3.05, 3.63) is 53.2 Å². The van der Waals surface area contributed by atoms with Gasteiger partial charge >= 0.3 is 0 Å². The van der Waals surface area contributed by atoms with Crippen molar-refractivity contribution in [3.63, 3.8) is 0 Å². The lowest BCUT2D eigenvalue weighted by molar-refractivity contribution is 0.0951. The highest BCUT2D eigenvalue weighted by atomic mass is 19.1. The van der Waals surface area contributed by atoms with Crippen LogP contribution in [0.1, 0.15) is 34.3 Å². The normalized spacial score (nSPS) is 13.2. The third-order valence-corrected chi connectivity index (χ3v) is 4.50. The molecule has 1 aliphatic rings. The second-order valence-corrected chi connectivity index (χ2v) is 6.61. The van der Waals surface area contributed by atoms with E-state index in [4.69, 9.17) is 5.73 Å². The fourth-order valence-corrected chi connectivity index (χ4v) is 2.91. The monoisotopic (exact) mass is 379 g/mol. The summed E-state index contributed by atoms with van der Waals surface area (Å²) in [5.74, 6) is 5.18. The number of amides is 1. The second kappa shape index (κ2) is 7.29. The highest BCUT2D eigenvalue weighted by Crippen LogP contribution is 2.23. The number of aliphatic hydroxyl groups is 1. The van der Waals surface area contributed by atoms with Gasteiger partial charge in [-0.1, -0.05) is 11.8 Å². The molecular formula is C20H18FN5O2. The van der Waals surface area contributed by atoms with E-state index in [9.17, 15) is 14.3 Å². The smallest absolute Gasteiger partial charge is 0.251 e. The molecule has 1 aliphatic carbocycles. The molecule has 2 aromatic heterocycles. The molecule has 1 aromatic carbocycles. The number of aromatic nitrogens is 3. The molecule has 2 heterocycles. The molecule has 4 N–H and O–H groups in total. The molecule has 0 saturated heterocycles. The molecule has 0 aliphatic heterocycles. The predicted molar refractivity (Wildman–Crippen MR) is 102 cm³/mol. The van der Waals surface area contributed by atoms with Gasteiger partial charge in [0.15, 0.2) is 0 Å². The quantitative estimate of drug-likeness (QED) is 0.595. The van der Waals surface area contributed by atoms with Gasteiger partial charge in [-0.05, 0) is 31.0 Å². The zero-order chi connectivity index (χ0) is 19.7. The predicted octanol–water partition coefficient (Wildman–Crippen LogP) is 1.44. The van der Waals surface area contributed by atoms with E-state index in [0.29, 0.717) is 28.7 Å². The Kier molecular flexibility index (Phi) is 4.67. The Balaban J connectivity index is 1.72. The summed E-state index contributed by atoms with van der Waals surface area (Å²) in [7, 11) is 0. The molecule has 1 amide bonds. The van der Waals surface area contributed by atoms with Gasteiger partial charge in [-0.25, -0.2) is 14.4 Å². The van der Waals surface area contributed by atoms with E-state index in [-0.39, 0.29) is 29.9 Å². The zero-order valence-corrected chi connectivity index (χ0v) is 14.9. The van der Waals surface area contributed by atoms with Crippen LogP contribution in [0.25, 0.3) is 11.0 Å². The van der Waals surface area contributed by atoms with E-state index < -0.39 is 5.82 Å². The Morgan fingerprint density at radius 2 is 2.11 bits per heavy atom. The van der Waals surface area contributed by atoms with Crippen molar-refractivity contribution in [2.75, 3.05) is 12.3 Å². The minimum atomic E-state index is -0.515. The van der Waals surface area contributed by atoms with Crippen molar-refractivity contribution >= 4 is 22.8 Å². The summed E-state index contributed by atoms with van der Waals surface area (Å²) in [6.07, 6.45) is 4.98. The lowest BCUT2D eigenvalue weighted by Crippen LogP contribution is -2.25. The molecule has 8 heteroatoms. The van der Waals surface area contributed by atoms with Crippen LogP contribution in [-0.2, 0) is 6.54 Å². The number of rotatable bonds is 4. The molecule has 4 rings (SSSR count). The van der Waals surface area contributed by atoms with E-state index in [2.05, 4.69) is 27.1 Å². The number of anilines is 1. The first kappa shape index (κ1) is 17.9. The number of nitrogens with two attached hydrogens (primary N) is 1. The van der Waals surface area contributed by atoms with Crippen LogP contribution in [0.3, 0.4) is 0 Å². The molecule has 1 fully saturated rings. The maximum absolute atomic E-state index is 14.2. The van der Waals surface area contributed by atoms with E-state index in [0.717, 1.165) is 12.8 Å². The summed E-state index contributed by atoms with van der Waals surface area (Å²) in [5.41, 5.74) is 7.50. The standard InChI is InChI=1S/C20H18FN5O2/c21-16-6-3-13(20(28)25-15-4-5-15)9-12(16)1-2-14-10-26(7-8-27)19-17(14)18(22)23-11-24-19/h3,6,9-11,15,27H,4-5,7-8H2,(H,25,28)(H2,22,23,24). The number of nitrogen functional groups attached to an aromatic ring is 1. The van der Waals surface area contributed by atoms with Crippen LogP contribution in [0, 0.1) is 17.7 Å². The third-order valence-electron chi connectivity index (χ3n) is 4.50. The number of hydrogen-bond acceptors (Lipinski definition) is 5. The Morgan fingerprint density at radius 1 is 1.32 bits per heavy atom. The van der Waals surface area contributed by atoms with Gasteiger partial charge in [0.2, 0.25) is 0 Å². The number of carbonyl (C=O) groups excluding carboxylic acids is 1. The summed E-state index contributed by atoms with van der Waals surface area (Å²) < 4.78 is 15.9. The van der Waals surface area contributed by atoms with Gasteiger partial charge in [-0.2, -0.15) is 0 Å². The molecule has 1 saturated carbocycles. The molecule has 7 nitrogen and oxygen atoms in total. The summed E-state index contributed by atoms with van der Waals surface area (Å²) >= 11 is 0. The molecule has 0 bridgehead atoms. The first-order valence-electron chi connectivity index (χ1n) is 8.89. The number of carbonyl (C=O) groups is 1. The number of benzene rings is 1. The molecule has 142 valence electrons. The van der Waals surface area contributed by atoms with Crippen LogP contribution < -0.4 is 11.1 Å². The lowest BCUT2D eigenvalue weighted by Gasteiger charge is -2.04. The number of halogens is 1. The minimum absolute atomic E-state index is 0.0761. The van der Waals surface area contributed by atoms with Gasteiger partial charge in [0.05, 0.1) is 23.1 Å². The maximum Gasteiger partial charge on any atom is 0.251 e. The number of nitrogens with zero attached hydrogens (tertiary/aromatic N) is 3. The Labute approximate surface area is 160 Å².